The number of rotatable bonds is 5. The summed E-state index contributed by atoms with van der Waals surface area (Å²) in [4.78, 5) is 10.5. The number of aromatic nitrogens is 1. The summed E-state index contributed by atoms with van der Waals surface area (Å²) < 4.78 is 0. The molecular formula is C13H23N3OS. The van der Waals surface area contributed by atoms with Crippen molar-refractivity contribution in [2.45, 2.75) is 39.3 Å². The summed E-state index contributed by atoms with van der Waals surface area (Å²) in [7, 11) is 0. The first-order valence-corrected chi connectivity index (χ1v) is 7.64. The average molecular weight is 269 g/mol. The van der Waals surface area contributed by atoms with Crippen LogP contribution in [0.25, 0.3) is 0 Å². The van der Waals surface area contributed by atoms with Crippen LogP contribution in [0.1, 0.15) is 31.6 Å². The maximum Gasteiger partial charge on any atom is 0.185 e. The molecule has 0 bridgehead atoms. The Labute approximate surface area is 113 Å². The van der Waals surface area contributed by atoms with Gasteiger partial charge in [-0.2, -0.15) is 0 Å². The normalized spacial score (nSPS) is 18.2. The predicted octanol–water partition coefficient (Wildman–Crippen LogP) is 1.95. The standard InChI is InChI=1S/C13H23N3OS/c1-3-16(4-2)13-14-9-12(18-13)10-15-7-5-11(17)6-8-15/h9,11,17H,3-8,10H2,1-2H3. The maximum atomic E-state index is 9.49. The number of aliphatic hydroxyl groups is 1. The molecule has 4 nitrogen and oxygen atoms in total. The number of aliphatic hydroxyl groups excluding tert-OH is 1. The van der Waals surface area contributed by atoms with Crippen molar-refractivity contribution in [1.82, 2.24) is 9.88 Å². The van der Waals surface area contributed by atoms with Crippen LogP contribution in [0, 0.1) is 0 Å². The zero-order chi connectivity index (χ0) is 13.0. The summed E-state index contributed by atoms with van der Waals surface area (Å²) in [5.41, 5.74) is 0. The van der Waals surface area contributed by atoms with E-state index in [1.165, 1.54) is 4.88 Å². The topological polar surface area (TPSA) is 39.6 Å². The molecule has 0 aromatic carbocycles. The van der Waals surface area contributed by atoms with Gasteiger partial charge in [-0.15, -0.1) is 11.3 Å². The number of anilines is 1. The fourth-order valence-electron chi connectivity index (χ4n) is 2.31. The average Bonchev–Trinajstić information content (AvgIpc) is 2.82. The van der Waals surface area contributed by atoms with Crippen LogP contribution in [-0.4, -0.2) is 47.3 Å². The Morgan fingerprint density at radius 1 is 1.39 bits per heavy atom. The highest BCUT2D eigenvalue weighted by Crippen LogP contribution is 2.24. The molecule has 1 aliphatic heterocycles. The number of hydrogen-bond donors (Lipinski definition) is 1. The number of hydrogen-bond acceptors (Lipinski definition) is 5. The van der Waals surface area contributed by atoms with Gasteiger partial charge in [-0.25, -0.2) is 4.98 Å². The minimum absolute atomic E-state index is 0.0889. The lowest BCUT2D eigenvalue weighted by Gasteiger charge is -2.28. The lowest BCUT2D eigenvalue weighted by Crippen LogP contribution is -2.35. The molecule has 5 heteroatoms. The van der Waals surface area contributed by atoms with Crippen molar-refractivity contribution in [3.05, 3.63) is 11.1 Å². The van der Waals surface area contributed by atoms with Gasteiger partial charge in [0.25, 0.3) is 0 Å². The van der Waals surface area contributed by atoms with Crippen LogP contribution in [0.2, 0.25) is 0 Å². The SMILES string of the molecule is CCN(CC)c1ncc(CN2CCC(O)CC2)s1. The van der Waals surface area contributed by atoms with Gasteiger partial charge in [0.05, 0.1) is 6.10 Å². The molecule has 0 amide bonds. The zero-order valence-electron chi connectivity index (χ0n) is 11.3. The van der Waals surface area contributed by atoms with Crippen LogP contribution in [-0.2, 0) is 6.54 Å². The first-order chi connectivity index (χ1) is 8.72. The van der Waals surface area contributed by atoms with E-state index in [4.69, 9.17) is 0 Å². The molecule has 1 aliphatic rings. The lowest BCUT2D eigenvalue weighted by molar-refractivity contribution is 0.0797. The molecule has 2 rings (SSSR count). The zero-order valence-corrected chi connectivity index (χ0v) is 12.1. The van der Waals surface area contributed by atoms with E-state index in [1.54, 1.807) is 11.3 Å². The van der Waals surface area contributed by atoms with Gasteiger partial charge < -0.3 is 10.0 Å². The second-order valence-corrected chi connectivity index (χ2v) is 5.88. The van der Waals surface area contributed by atoms with Crippen LogP contribution in [0.15, 0.2) is 6.20 Å². The number of thiazole rings is 1. The molecular weight excluding hydrogens is 246 g/mol. The molecule has 0 aliphatic carbocycles. The summed E-state index contributed by atoms with van der Waals surface area (Å²) in [5, 5.41) is 10.6. The van der Waals surface area contributed by atoms with Crippen molar-refractivity contribution >= 4 is 16.5 Å². The van der Waals surface area contributed by atoms with Gasteiger partial charge in [0.1, 0.15) is 0 Å². The molecule has 102 valence electrons. The summed E-state index contributed by atoms with van der Waals surface area (Å²) in [6.07, 6.45) is 3.72. The number of piperidine rings is 1. The second-order valence-electron chi connectivity index (χ2n) is 4.79. The van der Waals surface area contributed by atoms with E-state index in [2.05, 4.69) is 28.6 Å². The van der Waals surface area contributed by atoms with Crippen molar-refractivity contribution in [1.29, 1.82) is 0 Å². The Balaban J connectivity index is 1.90. The van der Waals surface area contributed by atoms with Crippen LogP contribution in [0.4, 0.5) is 5.13 Å². The Kier molecular flexibility index (Phi) is 4.97. The molecule has 0 atom stereocenters. The Hall–Kier alpha value is -0.650. The molecule has 0 saturated carbocycles. The third-order valence-corrected chi connectivity index (χ3v) is 4.55. The van der Waals surface area contributed by atoms with Crippen molar-refractivity contribution in [3.8, 4) is 0 Å². The first-order valence-electron chi connectivity index (χ1n) is 6.83. The molecule has 1 saturated heterocycles. The number of nitrogens with zero attached hydrogens (tertiary/aromatic N) is 3. The van der Waals surface area contributed by atoms with Crippen molar-refractivity contribution in [2.24, 2.45) is 0 Å². The van der Waals surface area contributed by atoms with E-state index in [-0.39, 0.29) is 6.10 Å². The van der Waals surface area contributed by atoms with E-state index < -0.39 is 0 Å². The van der Waals surface area contributed by atoms with Gasteiger partial charge in [0.2, 0.25) is 0 Å². The molecule has 18 heavy (non-hydrogen) atoms. The third-order valence-electron chi connectivity index (χ3n) is 3.51. The van der Waals surface area contributed by atoms with Gasteiger partial charge in [0.15, 0.2) is 5.13 Å². The van der Waals surface area contributed by atoms with E-state index in [1.807, 2.05) is 6.20 Å². The highest BCUT2D eigenvalue weighted by atomic mass is 32.1. The summed E-state index contributed by atoms with van der Waals surface area (Å²) in [5.74, 6) is 0. The summed E-state index contributed by atoms with van der Waals surface area (Å²) in [6.45, 7) is 9.33. The predicted molar refractivity (Wildman–Crippen MR) is 76.2 cm³/mol. The molecule has 0 spiro atoms. The van der Waals surface area contributed by atoms with Crippen LogP contribution in [0.3, 0.4) is 0 Å². The first kappa shape index (κ1) is 13.8. The maximum absolute atomic E-state index is 9.49. The molecule has 0 radical (unpaired) electrons. The highest BCUT2D eigenvalue weighted by Gasteiger charge is 2.18. The van der Waals surface area contributed by atoms with E-state index in [0.29, 0.717) is 0 Å². The quantitative estimate of drug-likeness (QED) is 0.887. The Bertz CT molecular complexity index is 357. The molecule has 2 heterocycles. The molecule has 1 aromatic heterocycles. The minimum Gasteiger partial charge on any atom is -0.393 e. The Morgan fingerprint density at radius 3 is 2.67 bits per heavy atom. The van der Waals surface area contributed by atoms with Crippen molar-refractivity contribution < 1.29 is 5.11 Å². The molecule has 1 aromatic rings. The Morgan fingerprint density at radius 2 is 2.06 bits per heavy atom. The second kappa shape index (κ2) is 6.50. The van der Waals surface area contributed by atoms with Crippen molar-refractivity contribution in [3.63, 3.8) is 0 Å². The monoisotopic (exact) mass is 269 g/mol. The van der Waals surface area contributed by atoms with Gasteiger partial charge in [-0.3, -0.25) is 4.90 Å². The minimum atomic E-state index is -0.0889. The van der Waals surface area contributed by atoms with E-state index in [0.717, 1.165) is 50.7 Å². The van der Waals surface area contributed by atoms with E-state index in [9.17, 15) is 5.11 Å². The third kappa shape index (κ3) is 3.43. The van der Waals surface area contributed by atoms with Gasteiger partial charge in [-0.05, 0) is 26.7 Å². The van der Waals surface area contributed by atoms with Gasteiger partial charge in [0, 0.05) is 43.8 Å². The number of likely N-dealkylation sites (tertiary alicyclic amines) is 1. The molecule has 1 fully saturated rings. The van der Waals surface area contributed by atoms with Gasteiger partial charge in [-0.1, -0.05) is 0 Å². The van der Waals surface area contributed by atoms with Crippen LogP contribution < -0.4 is 4.90 Å². The largest absolute Gasteiger partial charge is 0.393 e. The molecule has 0 unspecified atom stereocenters. The fourth-order valence-corrected chi connectivity index (χ4v) is 3.39. The van der Waals surface area contributed by atoms with Crippen LogP contribution >= 0.6 is 11.3 Å². The molecule has 1 N–H and O–H groups in total. The van der Waals surface area contributed by atoms with Crippen molar-refractivity contribution in [2.75, 3.05) is 31.1 Å². The summed E-state index contributed by atoms with van der Waals surface area (Å²) in [6, 6.07) is 0. The summed E-state index contributed by atoms with van der Waals surface area (Å²) >= 11 is 1.80. The van der Waals surface area contributed by atoms with E-state index >= 15 is 0 Å². The smallest absolute Gasteiger partial charge is 0.185 e. The fraction of sp³-hybridized carbons (Fsp3) is 0.769. The highest BCUT2D eigenvalue weighted by molar-refractivity contribution is 7.15. The lowest BCUT2D eigenvalue weighted by atomic mass is 10.1. The van der Waals surface area contributed by atoms with Gasteiger partial charge >= 0.3 is 0 Å². The van der Waals surface area contributed by atoms with Crippen LogP contribution in [0.5, 0.6) is 0 Å².